The first kappa shape index (κ1) is 33.5. The quantitative estimate of drug-likeness (QED) is 0.177. The molecule has 14 heteroatoms. The van der Waals surface area contributed by atoms with Gasteiger partial charge in [0.15, 0.2) is 0 Å². The Bertz CT molecular complexity index is 1610. The lowest BCUT2D eigenvalue weighted by atomic mass is 10.0. The van der Waals surface area contributed by atoms with Crippen LogP contribution in [0.1, 0.15) is 71.1 Å². The molecule has 12 nitrogen and oxygen atoms in total. The number of thiazole rings is 1. The van der Waals surface area contributed by atoms with Crippen LogP contribution in [-0.2, 0) is 21.4 Å². The van der Waals surface area contributed by atoms with E-state index < -0.39 is 34.1 Å². The zero-order valence-corrected chi connectivity index (χ0v) is 27.6. The molecule has 0 bridgehead atoms. The SMILES string of the molecule is C[C@H](NC[C@H](Cc1cscn1)NC(=O)c1cc(C(=O)N[C@H](C)c2ccccc2)cc(N2CCCNS2(=O)=O)c1)C(=O)NCC1CC1. The fourth-order valence-corrected chi connectivity index (χ4v) is 7.06. The summed E-state index contributed by atoms with van der Waals surface area (Å²) in [7, 11) is -3.85. The van der Waals surface area contributed by atoms with E-state index in [0.717, 1.165) is 24.1 Å². The van der Waals surface area contributed by atoms with Gasteiger partial charge >= 0.3 is 10.2 Å². The lowest BCUT2D eigenvalue weighted by Crippen LogP contribution is -2.50. The average Bonchev–Trinajstić information content (AvgIpc) is 3.74. The number of carbonyl (C=O) groups is 3. The van der Waals surface area contributed by atoms with E-state index in [1.807, 2.05) is 42.6 Å². The largest absolute Gasteiger partial charge is 0.354 e. The van der Waals surface area contributed by atoms with Crippen molar-refractivity contribution in [3.63, 3.8) is 0 Å². The van der Waals surface area contributed by atoms with E-state index in [0.29, 0.717) is 31.8 Å². The number of anilines is 1. The second-order valence-corrected chi connectivity index (χ2v) is 14.3. The molecule has 3 amide bonds. The van der Waals surface area contributed by atoms with Crippen LogP contribution in [0.5, 0.6) is 0 Å². The zero-order valence-electron chi connectivity index (χ0n) is 26.0. The van der Waals surface area contributed by atoms with Crippen LogP contribution in [-0.4, -0.2) is 69.4 Å². The summed E-state index contributed by atoms with van der Waals surface area (Å²) in [4.78, 5) is 44.3. The molecule has 1 aromatic heterocycles. The Morgan fingerprint density at radius 3 is 2.41 bits per heavy atom. The molecule has 2 heterocycles. The standard InChI is InChI=1S/C32H41N7O5S2/c1-21(24-7-4-3-5-8-24)37-31(41)25-13-26(15-29(14-25)39-12-6-11-36-46(39,43)44)32(42)38-27(16-28-19-45-20-35-28)18-33-22(2)30(40)34-17-23-9-10-23/h3-5,7-8,13-15,19-23,27,33,36H,6,9-12,16-18H2,1-2H3,(H,34,40)(H,37,41)(H,38,42)/t21-,22+,27+/m1/s1. The van der Waals surface area contributed by atoms with Crippen LogP contribution in [0.3, 0.4) is 0 Å². The smallest absolute Gasteiger partial charge is 0.301 e. The highest BCUT2D eigenvalue weighted by Crippen LogP contribution is 2.27. The van der Waals surface area contributed by atoms with E-state index in [4.69, 9.17) is 0 Å². The van der Waals surface area contributed by atoms with Crippen LogP contribution in [0.25, 0.3) is 0 Å². The Kier molecular flexibility index (Phi) is 11.0. The van der Waals surface area contributed by atoms with E-state index in [2.05, 4.69) is 31.0 Å². The molecule has 5 N–H and O–H groups in total. The third kappa shape index (κ3) is 9.12. The molecule has 46 heavy (non-hydrogen) atoms. The predicted octanol–water partition coefficient (Wildman–Crippen LogP) is 2.52. The average molecular weight is 668 g/mol. The molecule has 2 aliphatic rings. The predicted molar refractivity (Wildman–Crippen MR) is 178 cm³/mol. The summed E-state index contributed by atoms with van der Waals surface area (Å²) >= 11 is 1.45. The topological polar surface area (TPSA) is 162 Å². The van der Waals surface area contributed by atoms with Crippen LogP contribution in [0.2, 0.25) is 0 Å². The van der Waals surface area contributed by atoms with Crippen molar-refractivity contribution >= 4 is 45.0 Å². The second-order valence-electron chi connectivity index (χ2n) is 11.9. The molecule has 1 saturated heterocycles. The lowest BCUT2D eigenvalue weighted by molar-refractivity contribution is -0.122. The van der Waals surface area contributed by atoms with Crippen LogP contribution in [0.4, 0.5) is 5.69 Å². The molecule has 2 aromatic carbocycles. The van der Waals surface area contributed by atoms with Crippen LogP contribution >= 0.6 is 11.3 Å². The Labute approximate surface area is 273 Å². The first-order valence-corrected chi connectivity index (χ1v) is 17.9. The van der Waals surface area contributed by atoms with Gasteiger partial charge in [-0.25, -0.2) is 4.98 Å². The first-order chi connectivity index (χ1) is 22.1. The molecule has 1 aliphatic heterocycles. The number of rotatable bonds is 14. The highest BCUT2D eigenvalue weighted by molar-refractivity contribution is 7.90. The van der Waals surface area contributed by atoms with Gasteiger partial charge in [-0.2, -0.15) is 13.1 Å². The summed E-state index contributed by atoms with van der Waals surface area (Å²) < 4.78 is 29.5. The minimum absolute atomic E-state index is 0.102. The normalized spacial score (nSPS) is 17.8. The zero-order chi connectivity index (χ0) is 32.7. The van der Waals surface area contributed by atoms with Crippen molar-refractivity contribution in [1.29, 1.82) is 0 Å². The molecule has 0 spiro atoms. The van der Waals surface area contributed by atoms with Crippen LogP contribution < -0.4 is 30.3 Å². The van der Waals surface area contributed by atoms with Crippen molar-refractivity contribution < 1.29 is 22.8 Å². The minimum atomic E-state index is -3.85. The molecular formula is C32H41N7O5S2. The maximum absolute atomic E-state index is 13.8. The van der Waals surface area contributed by atoms with E-state index in [9.17, 15) is 22.8 Å². The number of benzene rings is 2. The molecule has 1 aliphatic carbocycles. The van der Waals surface area contributed by atoms with E-state index in [-0.39, 0.29) is 41.9 Å². The number of aromatic nitrogens is 1. The summed E-state index contributed by atoms with van der Waals surface area (Å²) in [5.41, 5.74) is 3.91. The lowest BCUT2D eigenvalue weighted by Gasteiger charge is -2.29. The molecular weight excluding hydrogens is 627 g/mol. The molecule has 2 fully saturated rings. The van der Waals surface area contributed by atoms with Gasteiger partial charge in [-0.05, 0) is 62.8 Å². The number of nitrogens with one attached hydrogen (secondary N) is 5. The summed E-state index contributed by atoms with van der Waals surface area (Å²) in [6.07, 6.45) is 3.25. The van der Waals surface area contributed by atoms with Gasteiger partial charge in [0, 0.05) is 55.1 Å². The Morgan fingerprint density at radius 2 is 1.76 bits per heavy atom. The van der Waals surface area contributed by atoms with Crippen LogP contribution in [0, 0.1) is 5.92 Å². The molecule has 0 radical (unpaired) electrons. The monoisotopic (exact) mass is 667 g/mol. The molecule has 0 unspecified atom stereocenters. The van der Waals surface area contributed by atoms with Gasteiger partial charge in [0.1, 0.15) is 0 Å². The summed E-state index contributed by atoms with van der Waals surface area (Å²) in [6, 6.07) is 12.7. The van der Waals surface area contributed by atoms with Crippen molar-refractivity contribution in [2.24, 2.45) is 5.92 Å². The fraction of sp³-hybridized carbons (Fsp3) is 0.438. The van der Waals surface area contributed by atoms with E-state index in [1.165, 1.54) is 33.8 Å². The number of amides is 3. The minimum Gasteiger partial charge on any atom is -0.354 e. The van der Waals surface area contributed by atoms with Gasteiger partial charge in [0.05, 0.1) is 29.0 Å². The third-order valence-corrected chi connectivity index (χ3v) is 10.3. The van der Waals surface area contributed by atoms with Crippen molar-refractivity contribution in [2.45, 2.75) is 57.7 Å². The van der Waals surface area contributed by atoms with Gasteiger partial charge in [-0.1, -0.05) is 30.3 Å². The highest BCUT2D eigenvalue weighted by atomic mass is 32.2. The number of nitrogens with zero attached hydrogens (tertiary/aromatic N) is 2. The molecule has 3 atom stereocenters. The number of hydrogen-bond donors (Lipinski definition) is 5. The fourth-order valence-electron chi connectivity index (χ4n) is 5.18. The van der Waals surface area contributed by atoms with Gasteiger partial charge in [-0.3, -0.25) is 18.7 Å². The van der Waals surface area contributed by atoms with Crippen molar-refractivity contribution in [3.8, 4) is 0 Å². The molecule has 1 saturated carbocycles. The van der Waals surface area contributed by atoms with Gasteiger partial charge in [0.25, 0.3) is 11.8 Å². The van der Waals surface area contributed by atoms with Crippen molar-refractivity contribution in [3.05, 3.63) is 81.8 Å². The van der Waals surface area contributed by atoms with Gasteiger partial charge in [-0.15, -0.1) is 11.3 Å². The number of hydrogen-bond acceptors (Lipinski definition) is 8. The third-order valence-electron chi connectivity index (χ3n) is 8.09. The summed E-state index contributed by atoms with van der Waals surface area (Å²) in [5.74, 6) is -0.466. The second kappa shape index (κ2) is 15.2. The summed E-state index contributed by atoms with van der Waals surface area (Å²) in [5, 5.41) is 14.1. The molecule has 3 aromatic rings. The van der Waals surface area contributed by atoms with Crippen LogP contribution in [0.15, 0.2) is 59.4 Å². The van der Waals surface area contributed by atoms with Crippen molar-refractivity contribution in [1.82, 2.24) is 31.0 Å². The van der Waals surface area contributed by atoms with E-state index in [1.54, 1.807) is 12.4 Å². The number of carbonyl (C=O) groups excluding carboxylic acids is 3. The first-order valence-electron chi connectivity index (χ1n) is 15.6. The Balaban J connectivity index is 1.36. The van der Waals surface area contributed by atoms with Gasteiger partial charge in [0.2, 0.25) is 5.91 Å². The van der Waals surface area contributed by atoms with Crippen molar-refractivity contribution in [2.75, 3.05) is 30.5 Å². The van der Waals surface area contributed by atoms with Gasteiger partial charge < -0.3 is 21.3 Å². The molecule has 5 rings (SSSR count). The van der Waals surface area contributed by atoms with E-state index >= 15 is 0 Å². The maximum atomic E-state index is 13.8. The Morgan fingerprint density at radius 1 is 1.04 bits per heavy atom. The Hall–Kier alpha value is -3.85. The summed E-state index contributed by atoms with van der Waals surface area (Å²) in [6.45, 7) is 5.10. The molecule has 246 valence electrons. The highest BCUT2D eigenvalue weighted by Gasteiger charge is 2.28. The maximum Gasteiger partial charge on any atom is 0.301 e.